The number of nitrogens with one attached hydrogen (secondary N) is 1. The molecule has 2 aliphatic rings. The number of rotatable bonds is 3. The van der Waals surface area contributed by atoms with Crippen LogP contribution >= 0.6 is 0 Å². The van der Waals surface area contributed by atoms with E-state index in [4.69, 9.17) is 5.10 Å². The predicted octanol–water partition coefficient (Wildman–Crippen LogP) is 3.94. The van der Waals surface area contributed by atoms with Gasteiger partial charge in [-0.15, -0.1) is 0 Å². The maximum Gasteiger partial charge on any atom is 0.277 e. The Morgan fingerprint density at radius 3 is 2.55 bits per heavy atom. The summed E-state index contributed by atoms with van der Waals surface area (Å²) in [6.45, 7) is 11.2. The molecule has 33 heavy (non-hydrogen) atoms. The highest BCUT2D eigenvalue weighted by molar-refractivity contribution is 6.08. The quantitative estimate of drug-likeness (QED) is 0.601. The Morgan fingerprint density at radius 2 is 1.85 bits per heavy atom. The number of aromatic nitrogens is 2. The Kier molecular flexibility index (Phi) is 4.82. The first kappa shape index (κ1) is 21.9. The van der Waals surface area contributed by atoms with E-state index in [-0.39, 0.29) is 11.3 Å². The van der Waals surface area contributed by atoms with Gasteiger partial charge in [-0.25, -0.2) is 0 Å². The molecule has 0 saturated carbocycles. The number of aryl methyl sites for hydroxylation is 1. The third kappa shape index (κ3) is 3.40. The molecule has 0 radical (unpaired) electrons. The van der Waals surface area contributed by atoms with Crippen LogP contribution in [-0.4, -0.2) is 32.1 Å². The summed E-state index contributed by atoms with van der Waals surface area (Å²) in [6.07, 6.45) is 0.403. The van der Waals surface area contributed by atoms with Gasteiger partial charge in [0, 0.05) is 24.1 Å². The van der Waals surface area contributed by atoms with E-state index in [1.54, 1.807) is 9.58 Å². The molecule has 6 heteroatoms. The van der Waals surface area contributed by atoms with Crippen LogP contribution in [0.1, 0.15) is 60.6 Å². The van der Waals surface area contributed by atoms with E-state index in [1.165, 1.54) is 0 Å². The Bertz CT molecular complexity index is 1230. The molecular formula is C27H32N4O2. The Balaban J connectivity index is 1.64. The van der Waals surface area contributed by atoms with Crippen LogP contribution in [0.25, 0.3) is 0 Å². The van der Waals surface area contributed by atoms with Crippen molar-refractivity contribution in [3.05, 3.63) is 82.7 Å². The first-order chi connectivity index (χ1) is 15.5. The fourth-order valence-electron chi connectivity index (χ4n) is 5.11. The van der Waals surface area contributed by atoms with Crippen LogP contribution in [0.5, 0.6) is 0 Å². The molecule has 0 bridgehead atoms. The lowest BCUT2D eigenvalue weighted by molar-refractivity contribution is -0.0759. The second kappa shape index (κ2) is 7.27. The summed E-state index contributed by atoms with van der Waals surface area (Å²) in [5, 5.41) is 20.4. The SMILES string of the molecule is Cc1ccc2c(c1)CC(O)(NCc1ccccc1)C1(C)Cn3nc(C(C)(C)C)cc3C(=O)N21. The van der Waals surface area contributed by atoms with Gasteiger partial charge >= 0.3 is 0 Å². The van der Waals surface area contributed by atoms with Crippen molar-refractivity contribution in [3.8, 4) is 0 Å². The maximum absolute atomic E-state index is 13.9. The molecule has 2 aromatic carbocycles. The molecule has 0 spiro atoms. The second-order valence-electron chi connectivity index (χ2n) is 10.7. The minimum absolute atomic E-state index is 0.128. The van der Waals surface area contributed by atoms with Gasteiger partial charge in [-0.2, -0.15) is 5.10 Å². The summed E-state index contributed by atoms with van der Waals surface area (Å²) >= 11 is 0. The van der Waals surface area contributed by atoms with Gasteiger partial charge in [-0.1, -0.05) is 68.8 Å². The lowest BCUT2D eigenvalue weighted by Gasteiger charge is -2.57. The van der Waals surface area contributed by atoms with Crippen molar-refractivity contribution >= 4 is 11.6 Å². The van der Waals surface area contributed by atoms with E-state index in [0.29, 0.717) is 25.2 Å². The van der Waals surface area contributed by atoms with Crippen LogP contribution in [-0.2, 0) is 24.9 Å². The van der Waals surface area contributed by atoms with Crippen molar-refractivity contribution in [1.82, 2.24) is 15.1 Å². The average molecular weight is 445 g/mol. The number of fused-ring (bicyclic) bond motifs is 4. The molecule has 2 unspecified atom stereocenters. The number of benzene rings is 2. The Labute approximate surface area is 195 Å². The molecule has 0 saturated heterocycles. The summed E-state index contributed by atoms with van der Waals surface area (Å²) in [4.78, 5) is 15.7. The maximum atomic E-state index is 13.9. The first-order valence-electron chi connectivity index (χ1n) is 11.6. The van der Waals surface area contributed by atoms with Crippen LogP contribution in [0, 0.1) is 6.92 Å². The molecule has 3 heterocycles. The molecule has 1 amide bonds. The summed E-state index contributed by atoms with van der Waals surface area (Å²) in [7, 11) is 0. The molecule has 6 nitrogen and oxygen atoms in total. The average Bonchev–Trinajstić information content (AvgIpc) is 3.18. The van der Waals surface area contributed by atoms with E-state index in [0.717, 1.165) is 28.1 Å². The van der Waals surface area contributed by atoms with Crippen LogP contribution in [0.2, 0.25) is 0 Å². The standard InChI is InChI=1S/C27H32N4O2/c1-18-11-12-21-20(13-18)15-27(33,28-16-19-9-7-6-8-10-19)26(5)17-30-22(24(32)31(21)26)14-23(29-30)25(2,3)4/h6-14,28,33H,15-17H2,1-5H3. The number of anilines is 1. The lowest BCUT2D eigenvalue weighted by Crippen LogP contribution is -2.76. The molecule has 2 N–H and O–H groups in total. The topological polar surface area (TPSA) is 70.4 Å². The van der Waals surface area contributed by atoms with E-state index in [2.05, 4.69) is 32.2 Å². The van der Waals surface area contributed by atoms with Gasteiger partial charge in [0.25, 0.3) is 5.91 Å². The molecule has 2 atom stereocenters. The van der Waals surface area contributed by atoms with Gasteiger partial charge in [-0.05, 0) is 37.1 Å². The van der Waals surface area contributed by atoms with Crippen molar-refractivity contribution in [3.63, 3.8) is 0 Å². The highest BCUT2D eigenvalue weighted by atomic mass is 16.3. The Hall–Kier alpha value is -2.96. The molecule has 0 aliphatic carbocycles. The van der Waals surface area contributed by atoms with Gasteiger partial charge in [0.05, 0.1) is 12.2 Å². The van der Waals surface area contributed by atoms with Crippen LogP contribution in [0.15, 0.2) is 54.6 Å². The van der Waals surface area contributed by atoms with Gasteiger partial charge in [0.15, 0.2) is 0 Å². The molecular weight excluding hydrogens is 412 g/mol. The summed E-state index contributed by atoms with van der Waals surface area (Å²) in [5.41, 5.74) is 3.01. The molecule has 0 fully saturated rings. The van der Waals surface area contributed by atoms with E-state index in [9.17, 15) is 9.90 Å². The number of carbonyl (C=O) groups is 1. The van der Waals surface area contributed by atoms with E-state index >= 15 is 0 Å². The third-order valence-electron chi connectivity index (χ3n) is 7.16. The normalized spacial score (nSPS) is 24.3. The minimum Gasteiger partial charge on any atom is -0.373 e. The fourth-order valence-corrected chi connectivity index (χ4v) is 5.11. The Morgan fingerprint density at radius 1 is 1.12 bits per heavy atom. The summed E-state index contributed by atoms with van der Waals surface area (Å²) < 4.78 is 1.79. The monoisotopic (exact) mass is 444 g/mol. The number of amides is 1. The summed E-state index contributed by atoms with van der Waals surface area (Å²) in [5.74, 6) is -0.128. The van der Waals surface area contributed by atoms with Crippen LogP contribution in [0.4, 0.5) is 5.69 Å². The van der Waals surface area contributed by atoms with Crippen molar-refractivity contribution in [2.45, 2.75) is 70.8 Å². The zero-order valence-electron chi connectivity index (χ0n) is 20.0. The largest absolute Gasteiger partial charge is 0.373 e. The smallest absolute Gasteiger partial charge is 0.277 e. The minimum atomic E-state index is -1.34. The zero-order valence-corrected chi connectivity index (χ0v) is 20.0. The van der Waals surface area contributed by atoms with Crippen LogP contribution in [0.3, 0.4) is 0 Å². The molecule has 5 rings (SSSR count). The van der Waals surface area contributed by atoms with E-state index < -0.39 is 11.3 Å². The van der Waals surface area contributed by atoms with Gasteiger partial charge < -0.3 is 5.11 Å². The molecule has 1 aromatic heterocycles. The predicted molar refractivity (Wildman–Crippen MR) is 129 cm³/mol. The summed E-state index contributed by atoms with van der Waals surface area (Å²) in [6, 6.07) is 18.0. The number of nitrogens with zero attached hydrogens (tertiary/aromatic N) is 3. The number of hydrogen-bond donors (Lipinski definition) is 2. The van der Waals surface area contributed by atoms with Crippen molar-refractivity contribution in [1.29, 1.82) is 0 Å². The van der Waals surface area contributed by atoms with Crippen LogP contribution < -0.4 is 10.2 Å². The van der Waals surface area contributed by atoms with E-state index in [1.807, 2.05) is 62.4 Å². The van der Waals surface area contributed by atoms with Gasteiger partial charge in [0.1, 0.15) is 17.0 Å². The number of carbonyl (C=O) groups excluding carboxylic acids is 1. The number of aliphatic hydroxyl groups is 1. The van der Waals surface area contributed by atoms with Gasteiger partial charge in [0.2, 0.25) is 0 Å². The van der Waals surface area contributed by atoms with Crippen molar-refractivity contribution in [2.75, 3.05) is 4.90 Å². The third-order valence-corrected chi connectivity index (χ3v) is 7.16. The zero-order chi connectivity index (χ0) is 23.6. The lowest BCUT2D eigenvalue weighted by atomic mass is 9.75. The molecule has 3 aromatic rings. The van der Waals surface area contributed by atoms with Gasteiger partial charge in [-0.3, -0.25) is 19.7 Å². The number of hydrogen-bond acceptors (Lipinski definition) is 4. The van der Waals surface area contributed by atoms with Crippen molar-refractivity contribution < 1.29 is 9.90 Å². The highest BCUT2D eigenvalue weighted by Crippen LogP contribution is 2.46. The molecule has 2 aliphatic heterocycles. The fraction of sp³-hybridized carbons (Fsp3) is 0.407. The molecule has 172 valence electrons. The van der Waals surface area contributed by atoms with Crippen molar-refractivity contribution in [2.24, 2.45) is 0 Å². The second-order valence-corrected chi connectivity index (χ2v) is 10.7. The first-order valence-corrected chi connectivity index (χ1v) is 11.6. The highest BCUT2D eigenvalue weighted by Gasteiger charge is 2.59.